The Bertz CT molecular complexity index is 1420. The van der Waals surface area contributed by atoms with E-state index in [1.165, 1.54) is 7.11 Å². The number of ether oxygens (including phenoxy) is 2. The minimum absolute atomic E-state index is 0.00807. The van der Waals surface area contributed by atoms with E-state index in [4.69, 9.17) is 9.47 Å². The number of Topliss-reactive ketones (excluding diaryl/α,β-unsaturated/α-hetero) is 2. The number of likely N-dealkylation sites (N-methyl/N-ethyl adjacent to an activating group) is 1. The lowest BCUT2D eigenvalue weighted by Gasteiger charge is -2.41. The number of carbonyl (C=O) groups is 5. The van der Waals surface area contributed by atoms with Crippen LogP contribution < -0.4 is 5.32 Å². The molecule has 2 aliphatic rings. The predicted molar refractivity (Wildman–Crippen MR) is 218 cm³/mol. The van der Waals surface area contributed by atoms with Gasteiger partial charge < -0.3 is 29.7 Å². The number of ketones is 2. The summed E-state index contributed by atoms with van der Waals surface area (Å²) < 4.78 is 12.0. The highest BCUT2D eigenvalue weighted by atomic mass is 16.5. The van der Waals surface area contributed by atoms with Gasteiger partial charge in [0.2, 0.25) is 11.8 Å². The molecule has 316 valence electrons. The first-order valence-electron chi connectivity index (χ1n) is 21.0. The van der Waals surface area contributed by atoms with Crippen molar-refractivity contribution in [1.82, 2.24) is 20.0 Å². The molecule has 12 heteroatoms. The molecule has 1 unspecified atom stereocenters. The molecule has 1 aromatic carbocycles. The molecule has 0 aromatic heterocycles. The van der Waals surface area contributed by atoms with Gasteiger partial charge in [-0.05, 0) is 42.6 Å². The van der Waals surface area contributed by atoms with Crippen LogP contribution >= 0.6 is 0 Å². The number of likely N-dealkylation sites (tertiary alicyclic amines) is 1. The number of carboxylic acids is 1. The van der Waals surface area contributed by atoms with Crippen LogP contribution in [0.25, 0.3) is 0 Å². The normalized spacial score (nSPS) is 20.9. The predicted octanol–water partition coefficient (Wildman–Crippen LogP) is 4.97. The number of hydrogen-bond acceptors (Lipinski definition) is 9. The number of carboxylic acid groups (broad SMARTS) is 1. The highest BCUT2D eigenvalue weighted by Crippen LogP contribution is 2.32. The number of aliphatic carboxylic acids is 1. The van der Waals surface area contributed by atoms with Crippen molar-refractivity contribution in [1.29, 1.82) is 0 Å². The van der Waals surface area contributed by atoms with Crippen molar-refractivity contribution >= 4 is 29.4 Å². The van der Waals surface area contributed by atoms with Crippen LogP contribution in [0.5, 0.6) is 0 Å². The van der Waals surface area contributed by atoms with Gasteiger partial charge >= 0.3 is 5.97 Å². The fraction of sp³-hybridized carbons (Fsp3) is 0.750. The van der Waals surface area contributed by atoms with Crippen molar-refractivity contribution in [3.05, 3.63) is 35.9 Å². The average Bonchev–Trinajstić information content (AvgIpc) is 3.66. The van der Waals surface area contributed by atoms with Crippen molar-refractivity contribution in [3.63, 3.8) is 0 Å². The number of benzene rings is 1. The average molecular weight is 785 g/mol. The number of amides is 2. The molecule has 0 saturated carbocycles. The zero-order valence-corrected chi connectivity index (χ0v) is 35.9. The Morgan fingerprint density at radius 1 is 0.875 bits per heavy atom. The van der Waals surface area contributed by atoms with E-state index in [9.17, 15) is 29.1 Å². The zero-order chi connectivity index (χ0) is 41.7. The molecule has 0 aliphatic carbocycles. The summed E-state index contributed by atoms with van der Waals surface area (Å²) >= 11 is 0. The first kappa shape index (κ1) is 47.2. The van der Waals surface area contributed by atoms with Gasteiger partial charge in [-0.2, -0.15) is 0 Å². The molecule has 2 amide bonds. The highest BCUT2D eigenvalue weighted by Gasteiger charge is 2.43. The van der Waals surface area contributed by atoms with E-state index >= 15 is 0 Å². The van der Waals surface area contributed by atoms with E-state index in [1.54, 1.807) is 30.9 Å². The number of nitrogens with zero attached hydrogens (tertiary/aromatic N) is 3. The summed E-state index contributed by atoms with van der Waals surface area (Å²) in [6.45, 7) is 17.8. The van der Waals surface area contributed by atoms with Crippen molar-refractivity contribution in [2.75, 3.05) is 54.0 Å². The number of piperazine rings is 1. The number of methoxy groups -OCH3 is 2. The Kier molecular flexibility index (Phi) is 19.1. The summed E-state index contributed by atoms with van der Waals surface area (Å²) in [5, 5.41) is 13.3. The van der Waals surface area contributed by atoms with Gasteiger partial charge in [0.15, 0.2) is 5.78 Å². The maximum absolute atomic E-state index is 14.5. The van der Waals surface area contributed by atoms with Crippen molar-refractivity contribution in [2.24, 2.45) is 35.5 Å². The van der Waals surface area contributed by atoms with Crippen LogP contribution in [0.1, 0.15) is 92.6 Å². The number of rotatable bonds is 23. The zero-order valence-electron chi connectivity index (χ0n) is 35.9. The molecular formula is C44H72N4O8. The van der Waals surface area contributed by atoms with Crippen LogP contribution in [-0.2, 0) is 39.9 Å². The van der Waals surface area contributed by atoms with Crippen LogP contribution in [0.4, 0.5) is 0 Å². The lowest BCUT2D eigenvalue weighted by atomic mass is 9.83. The topological polar surface area (TPSA) is 146 Å². The summed E-state index contributed by atoms with van der Waals surface area (Å²) in [7, 11) is 4.89. The van der Waals surface area contributed by atoms with Crippen LogP contribution in [0.2, 0.25) is 0 Å². The molecule has 2 aliphatic heterocycles. The molecular weight excluding hydrogens is 713 g/mol. The Labute approximate surface area is 336 Å². The van der Waals surface area contributed by atoms with E-state index in [2.05, 4.69) is 37.9 Å². The van der Waals surface area contributed by atoms with E-state index in [0.717, 1.165) is 44.6 Å². The van der Waals surface area contributed by atoms with Crippen LogP contribution in [0, 0.1) is 35.5 Å². The number of nitrogens with one attached hydrogen (secondary N) is 1. The van der Waals surface area contributed by atoms with Gasteiger partial charge in [0, 0.05) is 78.7 Å². The minimum atomic E-state index is -1.02. The molecule has 12 nitrogen and oxygen atoms in total. The summed E-state index contributed by atoms with van der Waals surface area (Å²) in [6.07, 6.45) is 1.20. The Balaban J connectivity index is 1.77. The molecule has 9 atom stereocenters. The Morgan fingerprint density at radius 3 is 2.05 bits per heavy atom. The van der Waals surface area contributed by atoms with Crippen LogP contribution in [0.3, 0.4) is 0 Å². The highest BCUT2D eigenvalue weighted by molar-refractivity contribution is 5.90. The van der Waals surface area contributed by atoms with Gasteiger partial charge in [0.25, 0.3) is 0 Å². The second-order valence-corrected chi connectivity index (χ2v) is 17.0. The van der Waals surface area contributed by atoms with Crippen LogP contribution in [0.15, 0.2) is 30.3 Å². The molecule has 2 N–H and O–H groups in total. The third-order valence-corrected chi connectivity index (χ3v) is 12.5. The van der Waals surface area contributed by atoms with Gasteiger partial charge in [-0.25, -0.2) is 0 Å². The molecule has 0 spiro atoms. The van der Waals surface area contributed by atoms with E-state index in [-0.39, 0.29) is 78.9 Å². The molecule has 3 rings (SSSR count). The van der Waals surface area contributed by atoms with Gasteiger partial charge in [0.05, 0.1) is 42.7 Å². The minimum Gasteiger partial charge on any atom is -0.481 e. The maximum Gasteiger partial charge on any atom is 0.307 e. The van der Waals surface area contributed by atoms with E-state index in [1.807, 2.05) is 44.2 Å². The van der Waals surface area contributed by atoms with Gasteiger partial charge in [-0.15, -0.1) is 0 Å². The smallest absolute Gasteiger partial charge is 0.307 e. The summed E-state index contributed by atoms with van der Waals surface area (Å²) in [6, 6.07) is 8.24. The lowest BCUT2D eigenvalue weighted by Crippen LogP contribution is -2.55. The first-order chi connectivity index (χ1) is 26.6. The van der Waals surface area contributed by atoms with Crippen molar-refractivity contribution < 1.29 is 38.6 Å². The summed E-state index contributed by atoms with van der Waals surface area (Å²) in [5.74, 6) is -3.39. The second kappa shape index (κ2) is 22.7. The fourth-order valence-corrected chi connectivity index (χ4v) is 9.08. The Morgan fingerprint density at radius 2 is 1.52 bits per heavy atom. The molecule has 2 fully saturated rings. The number of carbonyl (C=O) groups excluding carboxylic acids is 4. The van der Waals surface area contributed by atoms with Crippen LogP contribution in [-0.4, -0.2) is 133 Å². The molecule has 0 radical (unpaired) electrons. The summed E-state index contributed by atoms with van der Waals surface area (Å²) in [4.78, 5) is 74.3. The first-order valence-corrected chi connectivity index (χ1v) is 21.0. The van der Waals surface area contributed by atoms with E-state index in [0.29, 0.717) is 13.0 Å². The second-order valence-electron chi connectivity index (χ2n) is 17.0. The third-order valence-electron chi connectivity index (χ3n) is 12.5. The Hall–Kier alpha value is -3.19. The maximum atomic E-state index is 14.5. The lowest BCUT2D eigenvalue weighted by molar-refractivity contribution is -0.149. The standard InChI is InChI=1S/C44H72N4O8/c1-11-30(6)41(46(8)43(52)34(28(2)3)26-37(50)40(29(4)5)47-22-19-45-20-23-47)38(55-9)27-39(51)48-21-15-18-35(48)42(56-10)31(7)36(49)25-33(44(53)54)24-32-16-13-12-14-17-32/h12-14,16-17,28-31,33-35,38,40-42,45H,11,15,18-27H2,1-10H3,(H,53,54)/t30-,31-,33+,34-,35-,38?,40-,41-,42+/m0/s1. The number of hydrogen-bond donors (Lipinski definition) is 2. The fourth-order valence-electron chi connectivity index (χ4n) is 9.08. The van der Waals surface area contributed by atoms with Crippen molar-refractivity contribution in [2.45, 2.75) is 124 Å². The van der Waals surface area contributed by atoms with E-state index < -0.39 is 42.0 Å². The monoisotopic (exact) mass is 785 g/mol. The van der Waals surface area contributed by atoms with Gasteiger partial charge in [-0.3, -0.25) is 28.9 Å². The third kappa shape index (κ3) is 12.4. The van der Waals surface area contributed by atoms with Gasteiger partial charge in [-0.1, -0.05) is 85.2 Å². The largest absolute Gasteiger partial charge is 0.481 e. The SMILES string of the molecule is CC[C@H](C)[C@@H](C(CC(=O)N1CCC[C@H]1[C@H](OC)[C@@H](C)C(=O)C[C@@H](Cc1ccccc1)C(=O)O)OC)N(C)C(=O)[C@@H](CC(=O)[C@H](C(C)C)N1CCNCC1)C(C)C. The molecule has 56 heavy (non-hydrogen) atoms. The summed E-state index contributed by atoms with van der Waals surface area (Å²) in [5.41, 5.74) is 0.853. The van der Waals surface area contributed by atoms with Crippen molar-refractivity contribution in [3.8, 4) is 0 Å². The molecule has 2 saturated heterocycles. The molecule has 1 aromatic rings. The molecule has 2 heterocycles. The quantitative estimate of drug-likeness (QED) is 0.156. The van der Waals surface area contributed by atoms with Gasteiger partial charge in [0.1, 0.15) is 5.78 Å². The molecule has 0 bridgehead atoms.